The molecule has 3 nitrogen and oxygen atoms in total. The molecule has 0 unspecified atom stereocenters. The lowest BCUT2D eigenvalue weighted by atomic mass is 10.2. The van der Waals surface area contributed by atoms with Crippen LogP contribution in [0.1, 0.15) is 50.3 Å². The van der Waals surface area contributed by atoms with E-state index in [0.29, 0.717) is 6.42 Å². The number of carbonyl (C=O) groups excluding carboxylic acids is 1. The average Bonchev–Trinajstić information content (AvgIpc) is 2.83. The number of aryl methyl sites for hydroxylation is 1. The van der Waals surface area contributed by atoms with E-state index in [0.717, 1.165) is 37.1 Å². The molecule has 1 heterocycles. The molecule has 0 saturated heterocycles. The van der Waals surface area contributed by atoms with Crippen LogP contribution in [0.2, 0.25) is 0 Å². The molecule has 4 heteroatoms. The molecule has 1 aliphatic carbocycles. The number of anilines is 1. The summed E-state index contributed by atoms with van der Waals surface area (Å²) >= 11 is 1.44. The van der Waals surface area contributed by atoms with E-state index < -0.39 is 0 Å². The van der Waals surface area contributed by atoms with E-state index in [9.17, 15) is 4.79 Å². The zero-order valence-corrected chi connectivity index (χ0v) is 10.5. The third-order valence-corrected chi connectivity index (χ3v) is 3.81. The van der Waals surface area contributed by atoms with Crippen LogP contribution in [0.5, 0.6) is 0 Å². The first-order valence-corrected chi connectivity index (χ1v) is 6.86. The van der Waals surface area contributed by atoms with Crippen molar-refractivity contribution in [1.29, 1.82) is 0 Å². The maximum Gasteiger partial charge on any atom is 0.225 e. The lowest BCUT2D eigenvalue weighted by Gasteiger charge is -2.03. The van der Waals surface area contributed by atoms with Gasteiger partial charge in [-0.3, -0.25) is 4.79 Å². The summed E-state index contributed by atoms with van der Waals surface area (Å²) in [7, 11) is 0. The first kappa shape index (κ1) is 11.6. The van der Waals surface area contributed by atoms with Crippen LogP contribution in [0.15, 0.2) is 0 Å². The molecule has 2 rings (SSSR count). The molecule has 1 aromatic rings. The van der Waals surface area contributed by atoms with Crippen LogP contribution in [0, 0.1) is 0 Å². The summed E-state index contributed by atoms with van der Waals surface area (Å²) in [5.74, 6) is 0.145. The van der Waals surface area contributed by atoms with Crippen LogP contribution >= 0.6 is 11.5 Å². The Morgan fingerprint density at radius 1 is 1.44 bits per heavy atom. The SMILES string of the molecule is CCCCCC(=O)Nc1snc2c1CCC2. The number of fused-ring (bicyclic) bond motifs is 1. The molecule has 1 aromatic heterocycles. The Hall–Kier alpha value is -0.900. The molecule has 1 N–H and O–H groups in total. The lowest BCUT2D eigenvalue weighted by molar-refractivity contribution is -0.116. The van der Waals surface area contributed by atoms with Gasteiger partial charge in [-0.15, -0.1) is 0 Å². The number of carbonyl (C=O) groups is 1. The van der Waals surface area contributed by atoms with E-state index in [1.165, 1.54) is 29.2 Å². The van der Waals surface area contributed by atoms with Gasteiger partial charge in [0.05, 0.1) is 5.69 Å². The maximum atomic E-state index is 11.7. The first-order valence-electron chi connectivity index (χ1n) is 6.08. The molecular weight excluding hydrogens is 220 g/mol. The number of rotatable bonds is 5. The van der Waals surface area contributed by atoms with Gasteiger partial charge >= 0.3 is 0 Å². The van der Waals surface area contributed by atoms with Crippen LogP contribution in [-0.4, -0.2) is 10.3 Å². The molecule has 0 fully saturated rings. The lowest BCUT2D eigenvalue weighted by Crippen LogP contribution is -2.10. The van der Waals surface area contributed by atoms with E-state index in [1.54, 1.807) is 0 Å². The zero-order valence-electron chi connectivity index (χ0n) is 9.71. The fraction of sp³-hybridized carbons (Fsp3) is 0.667. The summed E-state index contributed by atoms with van der Waals surface area (Å²) in [4.78, 5) is 11.7. The highest BCUT2D eigenvalue weighted by molar-refractivity contribution is 7.10. The predicted octanol–water partition coefficient (Wildman–Crippen LogP) is 3.15. The Bertz CT molecular complexity index is 373. The number of hydrogen-bond acceptors (Lipinski definition) is 3. The minimum atomic E-state index is 0.145. The fourth-order valence-electron chi connectivity index (χ4n) is 2.05. The maximum absolute atomic E-state index is 11.7. The number of nitrogens with one attached hydrogen (secondary N) is 1. The average molecular weight is 238 g/mol. The van der Waals surface area contributed by atoms with Gasteiger partial charge < -0.3 is 5.32 Å². The Balaban J connectivity index is 1.86. The Labute approximate surface area is 100 Å². The third kappa shape index (κ3) is 2.61. The number of hydrogen-bond donors (Lipinski definition) is 1. The Kier molecular flexibility index (Phi) is 3.93. The van der Waals surface area contributed by atoms with Gasteiger partial charge in [-0.1, -0.05) is 19.8 Å². The van der Waals surface area contributed by atoms with Crippen LogP contribution in [0.3, 0.4) is 0 Å². The van der Waals surface area contributed by atoms with Gasteiger partial charge in [-0.25, -0.2) is 0 Å². The van der Waals surface area contributed by atoms with Crippen molar-refractivity contribution < 1.29 is 4.79 Å². The van der Waals surface area contributed by atoms with Gasteiger partial charge in [0.25, 0.3) is 0 Å². The molecule has 16 heavy (non-hydrogen) atoms. The van der Waals surface area contributed by atoms with Crippen LogP contribution in [0.4, 0.5) is 5.00 Å². The quantitative estimate of drug-likeness (QED) is 0.801. The van der Waals surface area contributed by atoms with E-state index in [1.807, 2.05) is 0 Å². The van der Waals surface area contributed by atoms with Crippen molar-refractivity contribution in [2.24, 2.45) is 0 Å². The van der Waals surface area contributed by atoms with Gasteiger partial charge in [0.2, 0.25) is 5.91 Å². The second kappa shape index (κ2) is 5.43. The number of nitrogens with zero attached hydrogens (tertiary/aromatic N) is 1. The van der Waals surface area contributed by atoms with Crippen LogP contribution < -0.4 is 5.32 Å². The largest absolute Gasteiger partial charge is 0.316 e. The molecule has 1 aliphatic rings. The van der Waals surface area contributed by atoms with Gasteiger partial charge in [0.1, 0.15) is 5.00 Å². The van der Waals surface area contributed by atoms with E-state index in [2.05, 4.69) is 16.6 Å². The molecule has 0 radical (unpaired) electrons. The summed E-state index contributed by atoms with van der Waals surface area (Å²) in [5, 5.41) is 3.99. The molecular formula is C12H18N2OS. The van der Waals surface area contributed by atoms with Crippen molar-refractivity contribution >= 4 is 22.4 Å². The van der Waals surface area contributed by atoms with Crippen molar-refractivity contribution in [1.82, 2.24) is 4.37 Å². The summed E-state index contributed by atoms with van der Waals surface area (Å²) in [6, 6.07) is 0. The number of amides is 1. The molecule has 88 valence electrons. The van der Waals surface area contributed by atoms with Gasteiger partial charge in [0.15, 0.2) is 0 Å². The third-order valence-electron chi connectivity index (χ3n) is 2.97. The van der Waals surface area contributed by atoms with Crippen LogP contribution in [0.25, 0.3) is 0 Å². The second-order valence-corrected chi connectivity index (χ2v) is 5.07. The van der Waals surface area contributed by atoms with Crippen molar-refractivity contribution in [2.45, 2.75) is 51.9 Å². The van der Waals surface area contributed by atoms with E-state index >= 15 is 0 Å². The van der Waals surface area contributed by atoms with Gasteiger partial charge in [0, 0.05) is 12.0 Å². The molecule has 0 bridgehead atoms. The first-order chi connectivity index (χ1) is 7.81. The van der Waals surface area contributed by atoms with Crippen molar-refractivity contribution in [3.8, 4) is 0 Å². The van der Waals surface area contributed by atoms with Crippen molar-refractivity contribution in [3.05, 3.63) is 11.3 Å². The highest BCUT2D eigenvalue weighted by Crippen LogP contribution is 2.32. The number of unbranched alkanes of at least 4 members (excludes halogenated alkanes) is 2. The van der Waals surface area contributed by atoms with Crippen molar-refractivity contribution in [2.75, 3.05) is 5.32 Å². The van der Waals surface area contributed by atoms with Gasteiger partial charge in [-0.05, 0) is 37.2 Å². The molecule has 0 aromatic carbocycles. The van der Waals surface area contributed by atoms with Gasteiger partial charge in [-0.2, -0.15) is 4.37 Å². The highest BCUT2D eigenvalue weighted by atomic mass is 32.1. The smallest absolute Gasteiger partial charge is 0.225 e. The summed E-state index contributed by atoms with van der Waals surface area (Å²) in [6.45, 7) is 2.15. The minimum Gasteiger partial charge on any atom is -0.316 e. The van der Waals surface area contributed by atoms with Crippen LogP contribution in [-0.2, 0) is 17.6 Å². The summed E-state index contributed by atoms with van der Waals surface area (Å²) in [5.41, 5.74) is 2.49. The topological polar surface area (TPSA) is 42.0 Å². The molecule has 0 atom stereocenters. The molecule has 0 saturated carbocycles. The minimum absolute atomic E-state index is 0.145. The summed E-state index contributed by atoms with van der Waals surface area (Å²) in [6.07, 6.45) is 7.26. The highest BCUT2D eigenvalue weighted by Gasteiger charge is 2.19. The predicted molar refractivity (Wildman–Crippen MR) is 66.9 cm³/mol. The normalized spacial score (nSPS) is 13.8. The van der Waals surface area contributed by atoms with E-state index in [4.69, 9.17) is 0 Å². The zero-order chi connectivity index (χ0) is 11.4. The molecule has 0 aliphatic heterocycles. The fourth-order valence-corrected chi connectivity index (χ4v) is 2.94. The molecule has 0 spiro atoms. The van der Waals surface area contributed by atoms with E-state index in [-0.39, 0.29) is 5.91 Å². The Morgan fingerprint density at radius 2 is 2.31 bits per heavy atom. The Morgan fingerprint density at radius 3 is 3.12 bits per heavy atom. The standard InChI is InChI=1S/C12H18N2OS/c1-2-3-4-8-11(15)13-12-9-6-5-7-10(9)14-16-12/h2-8H2,1H3,(H,13,15). The second-order valence-electron chi connectivity index (χ2n) is 4.30. The molecule has 1 amide bonds. The summed E-state index contributed by atoms with van der Waals surface area (Å²) < 4.78 is 4.37. The van der Waals surface area contributed by atoms with Crippen molar-refractivity contribution in [3.63, 3.8) is 0 Å². The number of aromatic nitrogens is 1. The monoisotopic (exact) mass is 238 g/mol.